The van der Waals surface area contributed by atoms with Crippen molar-refractivity contribution in [1.82, 2.24) is 5.32 Å². The van der Waals surface area contributed by atoms with Crippen molar-refractivity contribution in [2.24, 2.45) is 0 Å². The molecular weight excluding hydrogens is 408 g/mol. The number of hydrogen-bond donors (Lipinski definition) is 1. The van der Waals surface area contributed by atoms with Gasteiger partial charge in [-0.3, -0.25) is 9.10 Å². The molecule has 0 aliphatic carbocycles. The zero-order valence-corrected chi connectivity index (χ0v) is 17.5. The van der Waals surface area contributed by atoms with E-state index in [9.17, 15) is 13.2 Å². The molecule has 0 heterocycles. The van der Waals surface area contributed by atoms with Crippen LogP contribution in [-0.2, 0) is 16.4 Å². The van der Waals surface area contributed by atoms with Crippen LogP contribution >= 0.6 is 11.6 Å². The lowest BCUT2D eigenvalue weighted by atomic mass is 10.1. The fourth-order valence-corrected chi connectivity index (χ4v) is 4.13. The second-order valence-electron chi connectivity index (χ2n) is 6.46. The van der Waals surface area contributed by atoms with Crippen LogP contribution in [0.5, 0.6) is 0 Å². The van der Waals surface area contributed by atoms with Gasteiger partial charge in [0.05, 0.1) is 10.6 Å². The SMILES string of the molecule is CN(c1ccc(C(=O)NCCc2ccc(Cl)cc2)cc1)S(=O)(=O)c1ccccc1. The molecule has 3 aromatic rings. The molecule has 0 saturated carbocycles. The van der Waals surface area contributed by atoms with E-state index in [2.05, 4.69) is 5.32 Å². The highest BCUT2D eigenvalue weighted by Gasteiger charge is 2.21. The molecule has 0 fully saturated rings. The molecule has 1 amide bonds. The summed E-state index contributed by atoms with van der Waals surface area (Å²) in [5.41, 5.74) is 2.03. The van der Waals surface area contributed by atoms with Crippen LogP contribution in [-0.4, -0.2) is 27.9 Å². The summed E-state index contributed by atoms with van der Waals surface area (Å²) in [6.07, 6.45) is 0.694. The van der Waals surface area contributed by atoms with E-state index in [1.54, 1.807) is 54.6 Å². The van der Waals surface area contributed by atoms with Crippen LogP contribution in [0.3, 0.4) is 0 Å². The van der Waals surface area contributed by atoms with E-state index >= 15 is 0 Å². The third-order valence-electron chi connectivity index (χ3n) is 4.51. The third kappa shape index (κ3) is 5.16. The molecule has 0 spiro atoms. The molecule has 0 unspecified atom stereocenters. The number of nitrogens with one attached hydrogen (secondary N) is 1. The predicted molar refractivity (Wildman–Crippen MR) is 116 cm³/mol. The predicted octanol–water partition coefficient (Wildman–Crippen LogP) is 4.14. The average molecular weight is 429 g/mol. The minimum Gasteiger partial charge on any atom is -0.352 e. The molecule has 1 N–H and O–H groups in total. The summed E-state index contributed by atoms with van der Waals surface area (Å²) in [6.45, 7) is 0.491. The largest absolute Gasteiger partial charge is 0.352 e. The van der Waals surface area contributed by atoms with Crippen LogP contribution in [0.2, 0.25) is 5.02 Å². The minimum atomic E-state index is -3.65. The lowest BCUT2D eigenvalue weighted by Crippen LogP contribution is -2.27. The van der Waals surface area contributed by atoms with Gasteiger partial charge < -0.3 is 5.32 Å². The van der Waals surface area contributed by atoms with Crippen LogP contribution in [0, 0.1) is 0 Å². The first-order valence-electron chi connectivity index (χ1n) is 9.04. The van der Waals surface area contributed by atoms with Gasteiger partial charge in [-0.2, -0.15) is 0 Å². The van der Waals surface area contributed by atoms with Gasteiger partial charge in [-0.15, -0.1) is 0 Å². The molecule has 150 valence electrons. The normalized spacial score (nSPS) is 11.1. The molecule has 0 saturated heterocycles. The molecule has 7 heteroatoms. The van der Waals surface area contributed by atoms with Crippen molar-refractivity contribution in [3.8, 4) is 0 Å². The molecule has 0 atom stereocenters. The first-order chi connectivity index (χ1) is 13.9. The highest BCUT2D eigenvalue weighted by Crippen LogP contribution is 2.22. The molecule has 0 aliphatic heterocycles. The van der Waals surface area contributed by atoms with Crippen molar-refractivity contribution in [1.29, 1.82) is 0 Å². The number of benzene rings is 3. The standard InChI is InChI=1S/C22H21ClN2O3S/c1-25(29(27,28)21-5-3-2-4-6-21)20-13-9-18(10-14-20)22(26)24-16-15-17-7-11-19(23)12-8-17/h2-14H,15-16H2,1H3,(H,24,26). The smallest absolute Gasteiger partial charge is 0.264 e. The van der Waals surface area contributed by atoms with Gasteiger partial charge in [0.25, 0.3) is 15.9 Å². The Morgan fingerprint density at radius 1 is 0.931 bits per heavy atom. The summed E-state index contributed by atoms with van der Waals surface area (Å²) in [7, 11) is -2.16. The maximum atomic E-state index is 12.7. The number of nitrogens with zero attached hydrogens (tertiary/aromatic N) is 1. The zero-order chi connectivity index (χ0) is 20.9. The first kappa shape index (κ1) is 20.9. The fourth-order valence-electron chi connectivity index (χ4n) is 2.79. The number of anilines is 1. The average Bonchev–Trinajstić information content (AvgIpc) is 2.75. The van der Waals surface area contributed by atoms with E-state index in [4.69, 9.17) is 11.6 Å². The third-order valence-corrected chi connectivity index (χ3v) is 6.56. The summed E-state index contributed by atoms with van der Waals surface area (Å²) >= 11 is 5.86. The molecule has 0 radical (unpaired) electrons. The van der Waals surface area contributed by atoms with Crippen molar-refractivity contribution < 1.29 is 13.2 Å². The second-order valence-corrected chi connectivity index (χ2v) is 8.87. The fraction of sp³-hybridized carbons (Fsp3) is 0.136. The van der Waals surface area contributed by atoms with E-state index in [1.165, 1.54) is 11.4 Å². The Labute approximate surface area is 176 Å². The summed E-state index contributed by atoms with van der Waals surface area (Å²) < 4.78 is 26.6. The second kappa shape index (κ2) is 9.11. The molecule has 3 aromatic carbocycles. The van der Waals surface area contributed by atoms with Crippen LogP contribution in [0.15, 0.2) is 83.8 Å². The maximum Gasteiger partial charge on any atom is 0.264 e. The summed E-state index contributed by atoms with van der Waals surface area (Å²) in [5.74, 6) is -0.209. The van der Waals surface area contributed by atoms with Gasteiger partial charge in [-0.1, -0.05) is 41.9 Å². The Kier molecular flexibility index (Phi) is 6.56. The van der Waals surface area contributed by atoms with Gasteiger partial charge in [-0.05, 0) is 60.5 Å². The highest BCUT2D eigenvalue weighted by molar-refractivity contribution is 7.92. The van der Waals surface area contributed by atoms with Crippen molar-refractivity contribution in [3.63, 3.8) is 0 Å². The summed E-state index contributed by atoms with van der Waals surface area (Å²) in [6, 6.07) is 22.2. The lowest BCUT2D eigenvalue weighted by molar-refractivity contribution is 0.0954. The van der Waals surface area contributed by atoms with E-state index in [0.29, 0.717) is 29.2 Å². The Morgan fingerprint density at radius 3 is 2.17 bits per heavy atom. The minimum absolute atomic E-state index is 0.209. The molecule has 3 rings (SSSR count). The Bertz CT molecular complexity index is 1070. The maximum absolute atomic E-state index is 12.7. The van der Waals surface area contributed by atoms with Gasteiger partial charge >= 0.3 is 0 Å². The molecule has 0 aromatic heterocycles. The Hall–Kier alpha value is -2.83. The van der Waals surface area contributed by atoms with Crippen molar-refractivity contribution >= 4 is 33.2 Å². The topological polar surface area (TPSA) is 66.5 Å². The number of amides is 1. The van der Waals surface area contributed by atoms with Crippen molar-refractivity contribution in [2.45, 2.75) is 11.3 Å². The van der Waals surface area contributed by atoms with Gasteiger partial charge in [0.1, 0.15) is 0 Å². The van der Waals surface area contributed by atoms with Gasteiger partial charge in [0.2, 0.25) is 0 Å². The molecular formula is C22H21ClN2O3S. The van der Waals surface area contributed by atoms with Crippen LogP contribution in [0.4, 0.5) is 5.69 Å². The van der Waals surface area contributed by atoms with Crippen LogP contribution < -0.4 is 9.62 Å². The number of sulfonamides is 1. The van der Waals surface area contributed by atoms with E-state index < -0.39 is 10.0 Å². The number of hydrogen-bond acceptors (Lipinski definition) is 3. The van der Waals surface area contributed by atoms with Crippen molar-refractivity contribution in [2.75, 3.05) is 17.9 Å². The van der Waals surface area contributed by atoms with Gasteiger partial charge in [0, 0.05) is 24.2 Å². The van der Waals surface area contributed by atoms with Crippen molar-refractivity contribution in [3.05, 3.63) is 95.0 Å². The lowest BCUT2D eigenvalue weighted by Gasteiger charge is -2.19. The summed E-state index contributed by atoms with van der Waals surface area (Å²) in [5, 5.41) is 3.54. The monoisotopic (exact) mass is 428 g/mol. The Balaban J connectivity index is 1.61. The van der Waals surface area contributed by atoms with E-state index in [1.807, 2.05) is 24.3 Å². The quantitative estimate of drug-likeness (QED) is 0.615. The molecule has 29 heavy (non-hydrogen) atoms. The highest BCUT2D eigenvalue weighted by atomic mass is 35.5. The number of halogens is 1. The molecule has 5 nitrogen and oxygen atoms in total. The van der Waals surface area contributed by atoms with Gasteiger partial charge in [0.15, 0.2) is 0 Å². The number of rotatable bonds is 7. The Morgan fingerprint density at radius 2 is 1.55 bits per heavy atom. The van der Waals surface area contributed by atoms with Gasteiger partial charge in [-0.25, -0.2) is 8.42 Å². The van der Waals surface area contributed by atoms with E-state index in [0.717, 1.165) is 5.56 Å². The molecule has 0 bridgehead atoms. The first-order valence-corrected chi connectivity index (χ1v) is 10.9. The van der Waals surface area contributed by atoms with Crippen LogP contribution in [0.1, 0.15) is 15.9 Å². The number of carbonyl (C=O) groups excluding carboxylic acids is 1. The number of carbonyl (C=O) groups is 1. The summed E-state index contributed by atoms with van der Waals surface area (Å²) in [4.78, 5) is 12.5. The van der Waals surface area contributed by atoms with Crippen LogP contribution in [0.25, 0.3) is 0 Å². The molecule has 0 aliphatic rings. The van der Waals surface area contributed by atoms with E-state index in [-0.39, 0.29) is 10.8 Å². The zero-order valence-electron chi connectivity index (χ0n) is 15.9.